The van der Waals surface area contributed by atoms with Crippen LogP contribution in [0, 0.1) is 0 Å². The summed E-state index contributed by atoms with van der Waals surface area (Å²) >= 11 is 0. The van der Waals surface area contributed by atoms with E-state index in [1.54, 1.807) is 0 Å². The first-order chi connectivity index (χ1) is 28.7. The monoisotopic (exact) mass is 740 g/mol. The van der Waals surface area contributed by atoms with E-state index in [0.717, 1.165) is 55.4 Å². The van der Waals surface area contributed by atoms with E-state index >= 15 is 0 Å². The van der Waals surface area contributed by atoms with Gasteiger partial charge in [0.05, 0.1) is 16.6 Å². The Morgan fingerprint density at radius 3 is 1.50 bits per heavy atom. The maximum Gasteiger partial charge on any atom is 0.167 e. The fraction of sp³-hybridized carbons (Fsp3) is 0. The second-order valence-corrected chi connectivity index (χ2v) is 14.8. The second kappa shape index (κ2) is 12.8. The average Bonchev–Trinajstić information content (AvgIpc) is 3.86. The van der Waals surface area contributed by atoms with Gasteiger partial charge in [0.15, 0.2) is 17.5 Å². The molecule has 0 amide bonds. The zero-order valence-corrected chi connectivity index (χ0v) is 31.2. The molecule has 5 nitrogen and oxygen atoms in total. The molecule has 12 aromatic rings. The lowest BCUT2D eigenvalue weighted by atomic mass is 10.00. The molecule has 0 aliphatic carbocycles. The fourth-order valence-electron chi connectivity index (χ4n) is 8.71. The summed E-state index contributed by atoms with van der Waals surface area (Å²) in [6, 6.07) is 68.1. The van der Waals surface area contributed by atoms with Gasteiger partial charge in [0.2, 0.25) is 0 Å². The highest BCUT2D eigenvalue weighted by Crippen LogP contribution is 2.41. The number of fused-ring (bicyclic) bond motifs is 10. The van der Waals surface area contributed by atoms with E-state index in [2.05, 4.69) is 138 Å². The molecule has 0 spiro atoms. The van der Waals surface area contributed by atoms with Crippen molar-refractivity contribution in [1.82, 2.24) is 19.5 Å². The summed E-state index contributed by atoms with van der Waals surface area (Å²) in [5.41, 5.74) is 10.0. The van der Waals surface area contributed by atoms with E-state index in [0.29, 0.717) is 17.5 Å². The summed E-state index contributed by atoms with van der Waals surface area (Å²) < 4.78 is 8.81. The first-order valence-corrected chi connectivity index (χ1v) is 19.5. The van der Waals surface area contributed by atoms with Gasteiger partial charge in [-0.05, 0) is 69.1 Å². The summed E-state index contributed by atoms with van der Waals surface area (Å²) in [7, 11) is 0. The first kappa shape index (κ1) is 32.4. The van der Waals surface area contributed by atoms with Gasteiger partial charge >= 0.3 is 0 Å². The molecule has 0 unspecified atom stereocenters. The van der Waals surface area contributed by atoms with Crippen molar-refractivity contribution >= 4 is 65.3 Å². The summed E-state index contributed by atoms with van der Waals surface area (Å²) in [6.45, 7) is 0. The summed E-state index contributed by atoms with van der Waals surface area (Å²) in [5, 5.41) is 9.70. The van der Waals surface area contributed by atoms with E-state index in [-0.39, 0.29) is 0 Å². The van der Waals surface area contributed by atoms with Crippen LogP contribution in [-0.4, -0.2) is 19.5 Å². The average molecular weight is 741 g/mol. The summed E-state index contributed by atoms with van der Waals surface area (Å²) in [6.07, 6.45) is 0. The predicted molar refractivity (Wildman–Crippen MR) is 238 cm³/mol. The molecule has 58 heavy (non-hydrogen) atoms. The highest BCUT2D eigenvalue weighted by molar-refractivity contribution is 6.28. The number of aromatic nitrogens is 4. The zero-order valence-electron chi connectivity index (χ0n) is 31.2. The van der Waals surface area contributed by atoms with E-state index < -0.39 is 0 Å². The Morgan fingerprint density at radius 2 is 0.845 bits per heavy atom. The van der Waals surface area contributed by atoms with Gasteiger partial charge in [0, 0.05) is 38.4 Å². The maximum atomic E-state index is 6.40. The normalized spacial score (nSPS) is 11.8. The molecule has 9 aromatic carbocycles. The Kier molecular flexibility index (Phi) is 7.16. The maximum absolute atomic E-state index is 6.40. The molecular weight excluding hydrogens is 709 g/mol. The van der Waals surface area contributed by atoms with Crippen molar-refractivity contribution in [2.24, 2.45) is 0 Å². The van der Waals surface area contributed by atoms with E-state index in [1.165, 1.54) is 43.4 Å². The van der Waals surface area contributed by atoms with Crippen molar-refractivity contribution < 1.29 is 4.42 Å². The number of hydrogen-bond acceptors (Lipinski definition) is 4. The van der Waals surface area contributed by atoms with Crippen LogP contribution in [0.5, 0.6) is 0 Å². The van der Waals surface area contributed by atoms with Crippen molar-refractivity contribution in [3.05, 3.63) is 194 Å². The third-order valence-corrected chi connectivity index (χ3v) is 11.5. The molecular formula is C53H32N4O. The number of nitrogens with zero attached hydrogens (tertiary/aromatic N) is 4. The molecule has 0 N–H and O–H groups in total. The van der Waals surface area contributed by atoms with Gasteiger partial charge in [-0.1, -0.05) is 158 Å². The zero-order chi connectivity index (χ0) is 38.2. The van der Waals surface area contributed by atoms with Crippen LogP contribution in [0.15, 0.2) is 199 Å². The molecule has 0 aliphatic rings. The van der Waals surface area contributed by atoms with Gasteiger partial charge < -0.3 is 8.98 Å². The molecule has 270 valence electrons. The van der Waals surface area contributed by atoms with Crippen molar-refractivity contribution in [1.29, 1.82) is 0 Å². The van der Waals surface area contributed by atoms with Crippen LogP contribution in [0.1, 0.15) is 0 Å². The third kappa shape index (κ3) is 5.07. The van der Waals surface area contributed by atoms with Crippen LogP contribution in [0.3, 0.4) is 0 Å². The van der Waals surface area contributed by atoms with Crippen molar-refractivity contribution in [3.63, 3.8) is 0 Å². The topological polar surface area (TPSA) is 56.7 Å². The Balaban J connectivity index is 0.942. The SMILES string of the molecule is c1ccc(-c2nc(-c3ccc(-c4ccc(-n5c6ccc7ccccc7c6c6c7ccccc7ccc65)cc4)cc3)nc(-c3cccc4c3oc3ccccc34)n2)cc1. The highest BCUT2D eigenvalue weighted by Gasteiger charge is 2.19. The van der Waals surface area contributed by atoms with Crippen molar-refractivity contribution in [2.75, 3.05) is 0 Å². The smallest absolute Gasteiger partial charge is 0.167 e. The second-order valence-electron chi connectivity index (χ2n) is 14.8. The molecule has 0 bridgehead atoms. The fourth-order valence-corrected chi connectivity index (χ4v) is 8.71. The summed E-state index contributed by atoms with van der Waals surface area (Å²) in [4.78, 5) is 15.1. The Bertz CT molecular complexity index is 3450. The van der Waals surface area contributed by atoms with Crippen LogP contribution in [0.2, 0.25) is 0 Å². The predicted octanol–water partition coefficient (Wildman–Crippen LogP) is 13.8. The van der Waals surface area contributed by atoms with Gasteiger partial charge in [-0.25, -0.2) is 15.0 Å². The minimum Gasteiger partial charge on any atom is -0.455 e. The van der Waals surface area contributed by atoms with Gasteiger partial charge in [-0.3, -0.25) is 0 Å². The molecule has 0 saturated carbocycles. The molecule has 12 rings (SSSR count). The lowest BCUT2D eigenvalue weighted by Gasteiger charge is -2.11. The van der Waals surface area contributed by atoms with Gasteiger partial charge in [-0.15, -0.1) is 0 Å². The first-order valence-electron chi connectivity index (χ1n) is 19.5. The van der Waals surface area contributed by atoms with Gasteiger partial charge in [0.25, 0.3) is 0 Å². The third-order valence-electron chi connectivity index (χ3n) is 11.5. The Morgan fingerprint density at radius 1 is 0.345 bits per heavy atom. The summed E-state index contributed by atoms with van der Waals surface area (Å²) in [5.74, 6) is 1.78. The number of benzene rings is 9. The molecule has 3 aromatic heterocycles. The lowest BCUT2D eigenvalue weighted by Crippen LogP contribution is -2.00. The minimum atomic E-state index is 0.569. The van der Waals surface area contributed by atoms with Crippen molar-refractivity contribution in [3.8, 4) is 51.0 Å². The van der Waals surface area contributed by atoms with Crippen LogP contribution < -0.4 is 0 Å². The molecule has 0 atom stereocenters. The van der Waals surface area contributed by atoms with Crippen LogP contribution in [-0.2, 0) is 0 Å². The van der Waals surface area contributed by atoms with Crippen LogP contribution >= 0.6 is 0 Å². The van der Waals surface area contributed by atoms with Crippen LogP contribution in [0.4, 0.5) is 0 Å². The number of furan rings is 1. The number of hydrogen-bond donors (Lipinski definition) is 0. The Labute approximate surface area is 333 Å². The van der Waals surface area contributed by atoms with Gasteiger partial charge in [-0.2, -0.15) is 0 Å². The van der Waals surface area contributed by atoms with Crippen LogP contribution in [0.25, 0.3) is 116 Å². The number of para-hydroxylation sites is 2. The lowest BCUT2D eigenvalue weighted by molar-refractivity contribution is 0.669. The minimum absolute atomic E-state index is 0.569. The standard InChI is InChI=1S/C53H32N4O/c1-2-13-37(14-3-1)51-54-52(56-53(55-51)44-19-10-18-43-42-17-8-9-20-47(42)58-50(43)44)38-23-21-33(22-24-38)34-25-29-39(30-26-34)57-45-31-27-35-11-4-6-15-40(35)48(45)49-41-16-7-5-12-36(41)28-32-46(49)57/h1-32H. The largest absolute Gasteiger partial charge is 0.455 e. The molecule has 3 heterocycles. The molecule has 0 fully saturated rings. The quantitative estimate of drug-likeness (QED) is 0.176. The molecule has 0 saturated heterocycles. The molecule has 0 aliphatic heterocycles. The van der Waals surface area contributed by atoms with E-state index in [4.69, 9.17) is 19.4 Å². The van der Waals surface area contributed by atoms with Gasteiger partial charge in [0.1, 0.15) is 11.2 Å². The van der Waals surface area contributed by atoms with E-state index in [9.17, 15) is 0 Å². The molecule has 5 heteroatoms. The highest BCUT2D eigenvalue weighted by atomic mass is 16.3. The van der Waals surface area contributed by atoms with E-state index in [1.807, 2.05) is 60.7 Å². The number of rotatable bonds is 5. The Hall–Kier alpha value is -7.89. The molecule has 0 radical (unpaired) electrons. The van der Waals surface area contributed by atoms with Crippen molar-refractivity contribution in [2.45, 2.75) is 0 Å².